The first-order chi connectivity index (χ1) is 5.68. The van der Waals surface area contributed by atoms with Gasteiger partial charge in [-0.2, -0.15) is 0 Å². The maximum atomic E-state index is 10.9. The van der Waals surface area contributed by atoms with Gasteiger partial charge in [-0.15, -0.1) is 0 Å². The van der Waals surface area contributed by atoms with E-state index in [0.29, 0.717) is 12.3 Å². The highest BCUT2D eigenvalue weighted by Gasteiger charge is 2.24. The van der Waals surface area contributed by atoms with E-state index < -0.39 is 0 Å². The van der Waals surface area contributed by atoms with Crippen molar-refractivity contribution in [2.75, 3.05) is 5.94 Å². The molecule has 0 spiro atoms. The number of esters is 1. The summed E-state index contributed by atoms with van der Waals surface area (Å²) >= 11 is 1.03. The fourth-order valence-corrected chi connectivity index (χ4v) is 1.15. The number of carbonyl (C=O) groups excluding carboxylic acids is 2. The van der Waals surface area contributed by atoms with E-state index in [-0.39, 0.29) is 17.0 Å². The van der Waals surface area contributed by atoms with Crippen LogP contribution < -0.4 is 0 Å². The molecule has 1 saturated carbocycles. The zero-order chi connectivity index (χ0) is 8.97. The minimum Gasteiger partial charge on any atom is -0.454 e. The van der Waals surface area contributed by atoms with Crippen LogP contribution >= 0.6 is 11.8 Å². The van der Waals surface area contributed by atoms with Crippen molar-refractivity contribution in [2.24, 2.45) is 5.92 Å². The van der Waals surface area contributed by atoms with Crippen LogP contribution in [0.3, 0.4) is 0 Å². The van der Waals surface area contributed by atoms with Crippen molar-refractivity contribution >= 4 is 22.8 Å². The van der Waals surface area contributed by atoms with E-state index in [2.05, 4.69) is 0 Å². The lowest BCUT2D eigenvalue weighted by molar-refractivity contribution is -0.141. The van der Waals surface area contributed by atoms with Crippen molar-refractivity contribution in [1.29, 1.82) is 0 Å². The van der Waals surface area contributed by atoms with Crippen molar-refractivity contribution < 1.29 is 14.3 Å². The number of hydrogen-bond donors (Lipinski definition) is 0. The van der Waals surface area contributed by atoms with Crippen LogP contribution in [-0.4, -0.2) is 17.0 Å². The smallest absolute Gasteiger partial charge is 0.306 e. The van der Waals surface area contributed by atoms with Gasteiger partial charge in [0.2, 0.25) is 0 Å². The summed E-state index contributed by atoms with van der Waals surface area (Å²) in [5, 5.41) is -0.0192. The van der Waals surface area contributed by atoms with E-state index in [1.54, 1.807) is 0 Å². The van der Waals surface area contributed by atoms with Crippen molar-refractivity contribution in [3.8, 4) is 0 Å². The molecule has 4 heteroatoms. The minimum atomic E-state index is -0.175. The van der Waals surface area contributed by atoms with Gasteiger partial charge in [0.25, 0.3) is 0 Å². The van der Waals surface area contributed by atoms with Crippen LogP contribution in [-0.2, 0) is 14.3 Å². The molecule has 0 aromatic rings. The third-order valence-corrected chi connectivity index (χ3v) is 2.28. The molecular formula is C8H12O3S. The van der Waals surface area contributed by atoms with E-state index in [9.17, 15) is 9.59 Å². The normalized spacial score (nSPS) is 15.8. The van der Waals surface area contributed by atoms with Crippen molar-refractivity contribution in [3.63, 3.8) is 0 Å². The van der Waals surface area contributed by atoms with Gasteiger partial charge in [0.05, 0.1) is 0 Å². The summed E-state index contributed by atoms with van der Waals surface area (Å²) in [7, 11) is 0. The van der Waals surface area contributed by atoms with Crippen LogP contribution in [0.25, 0.3) is 0 Å². The Kier molecular flexibility index (Phi) is 3.59. The Morgan fingerprint density at radius 1 is 1.50 bits per heavy atom. The lowest BCUT2D eigenvalue weighted by Gasteiger charge is -2.00. The molecule has 0 amide bonds. The molecule has 68 valence electrons. The van der Waals surface area contributed by atoms with Gasteiger partial charge < -0.3 is 4.74 Å². The molecule has 0 N–H and O–H groups in total. The maximum Gasteiger partial charge on any atom is 0.306 e. The third-order valence-electron chi connectivity index (χ3n) is 1.63. The summed E-state index contributed by atoms with van der Waals surface area (Å²) in [6.07, 6.45) is 2.82. The lowest BCUT2D eigenvalue weighted by Crippen LogP contribution is -2.05. The Hall–Kier alpha value is -0.510. The molecule has 1 rings (SSSR count). The van der Waals surface area contributed by atoms with Gasteiger partial charge in [-0.05, 0) is 30.5 Å². The Balaban J connectivity index is 1.97. The van der Waals surface area contributed by atoms with Gasteiger partial charge in [-0.3, -0.25) is 9.59 Å². The van der Waals surface area contributed by atoms with E-state index >= 15 is 0 Å². The van der Waals surface area contributed by atoms with Gasteiger partial charge in [0.1, 0.15) is 5.94 Å². The Bertz CT molecular complexity index is 187. The standard InChI is InChI=1S/C8H12O3S/c1-6(9)12-5-11-8(10)4-7-2-3-7/h7H,2-5H2,1H3. The number of ether oxygens (including phenoxy) is 1. The summed E-state index contributed by atoms with van der Waals surface area (Å²) in [6.45, 7) is 1.46. The summed E-state index contributed by atoms with van der Waals surface area (Å²) in [4.78, 5) is 21.4. The molecule has 0 aliphatic heterocycles. The largest absolute Gasteiger partial charge is 0.454 e. The van der Waals surface area contributed by atoms with E-state index in [1.807, 2.05) is 0 Å². The SMILES string of the molecule is CC(=O)SCOC(=O)CC1CC1. The number of rotatable bonds is 4. The first-order valence-electron chi connectivity index (χ1n) is 3.97. The monoisotopic (exact) mass is 188 g/mol. The highest BCUT2D eigenvalue weighted by Crippen LogP contribution is 2.32. The van der Waals surface area contributed by atoms with Crippen LogP contribution in [0.15, 0.2) is 0 Å². The molecule has 0 radical (unpaired) electrons. The summed E-state index contributed by atoms with van der Waals surface area (Å²) in [5.74, 6) is 0.548. The van der Waals surface area contributed by atoms with Gasteiger partial charge in [0, 0.05) is 13.3 Å². The number of thioether (sulfide) groups is 1. The van der Waals surface area contributed by atoms with Crippen LogP contribution in [0, 0.1) is 5.92 Å². The summed E-state index contributed by atoms with van der Waals surface area (Å²) < 4.78 is 4.81. The van der Waals surface area contributed by atoms with Gasteiger partial charge in [-0.1, -0.05) is 0 Å². The van der Waals surface area contributed by atoms with Crippen LogP contribution in [0.2, 0.25) is 0 Å². The topological polar surface area (TPSA) is 43.4 Å². The number of carbonyl (C=O) groups is 2. The molecule has 1 aliphatic carbocycles. The quantitative estimate of drug-likeness (QED) is 0.496. The first-order valence-corrected chi connectivity index (χ1v) is 4.96. The second-order valence-electron chi connectivity index (χ2n) is 2.92. The molecular weight excluding hydrogens is 176 g/mol. The molecule has 1 fully saturated rings. The number of hydrogen-bond acceptors (Lipinski definition) is 4. The van der Waals surface area contributed by atoms with Gasteiger partial charge in [0.15, 0.2) is 5.12 Å². The highest BCUT2D eigenvalue weighted by molar-refractivity contribution is 8.13. The molecule has 12 heavy (non-hydrogen) atoms. The molecule has 0 aromatic carbocycles. The highest BCUT2D eigenvalue weighted by atomic mass is 32.2. The van der Waals surface area contributed by atoms with Crippen molar-refractivity contribution in [1.82, 2.24) is 0 Å². The fourth-order valence-electron chi connectivity index (χ4n) is 0.795. The predicted molar refractivity (Wildman–Crippen MR) is 46.6 cm³/mol. The van der Waals surface area contributed by atoms with Crippen LogP contribution in [0.5, 0.6) is 0 Å². The van der Waals surface area contributed by atoms with E-state index in [4.69, 9.17) is 4.74 Å². The Labute approximate surface area is 75.8 Å². The molecule has 3 nitrogen and oxygen atoms in total. The van der Waals surface area contributed by atoms with Crippen LogP contribution in [0.4, 0.5) is 0 Å². The Morgan fingerprint density at radius 2 is 2.17 bits per heavy atom. The molecule has 1 aliphatic rings. The van der Waals surface area contributed by atoms with Crippen LogP contribution in [0.1, 0.15) is 26.2 Å². The summed E-state index contributed by atoms with van der Waals surface area (Å²) in [6, 6.07) is 0. The average molecular weight is 188 g/mol. The zero-order valence-corrected chi connectivity index (χ0v) is 7.86. The van der Waals surface area contributed by atoms with Gasteiger partial charge >= 0.3 is 5.97 Å². The maximum absolute atomic E-state index is 10.9. The minimum absolute atomic E-state index is 0.0192. The third kappa shape index (κ3) is 4.38. The second kappa shape index (κ2) is 4.50. The zero-order valence-electron chi connectivity index (χ0n) is 7.04. The molecule has 0 aromatic heterocycles. The fraction of sp³-hybridized carbons (Fsp3) is 0.750. The molecule has 0 atom stereocenters. The molecule has 0 saturated heterocycles. The molecule has 0 bridgehead atoms. The Morgan fingerprint density at radius 3 is 2.67 bits per heavy atom. The predicted octanol–water partition coefficient (Wildman–Crippen LogP) is 1.57. The average Bonchev–Trinajstić information content (AvgIpc) is 2.70. The summed E-state index contributed by atoms with van der Waals surface area (Å²) in [5.41, 5.74) is 0. The van der Waals surface area contributed by atoms with E-state index in [1.165, 1.54) is 6.92 Å². The van der Waals surface area contributed by atoms with Crippen molar-refractivity contribution in [2.45, 2.75) is 26.2 Å². The van der Waals surface area contributed by atoms with Crippen molar-refractivity contribution in [3.05, 3.63) is 0 Å². The first kappa shape index (κ1) is 9.58. The second-order valence-corrected chi connectivity index (χ2v) is 4.02. The molecule has 0 unspecified atom stereocenters. The van der Waals surface area contributed by atoms with Gasteiger partial charge in [-0.25, -0.2) is 0 Å². The van der Waals surface area contributed by atoms with E-state index in [0.717, 1.165) is 24.6 Å². The lowest BCUT2D eigenvalue weighted by atomic mass is 10.3. The molecule has 0 heterocycles.